The summed E-state index contributed by atoms with van der Waals surface area (Å²) in [5.41, 5.74) is 0. The Kier molecular flexibility index (Phi) is 5.57. The van der Waals surface area contributed by atoms with Gasteiger partial charge in [-0.05, 0) is 44.2 Å². The Morgan fingerprint density at radius 2 is 1.88 bits per heavy atom. The highest BCUT2D eigenvalue weighted by Crippen LogP contribution is 2.27. The summed E-state index contributed by atoms with van der Waals surface area (Å²) in [4.78, 5) is 27.4. The van der Waals surface area contributed by atoms with Crippen molar-refractivity contribution in [2.24, 2.45) is 11.8 Å². The Morgan fingerprint density at radius 1 is 1.15 bits per heavy atom. The number of pyridine rings is 1. The van der Waals surface area contributed by atoms with Crippen LogP contribution in [0.5, 0.6) is 0 Å². The van der Waals surface area contributed by atoms with Crippen LogP contribution in [0.2, 0.25) is 0 Å². The molecular formula is C17H23N3O5S. The lowest BCUT2D eigenvalue weighted by Gasteiger charge is -2.31. The number of carboxylic acid groups (broad SMARTS) is 1. The van der Waals surface area contributed by atoms with Gasteiger partial charge in [0.25, 0.3) is 0 Å². The van der Waals surface area contributed by atoms with E-state index < -0.39 is 16.0 Å². The molecule has 1 aromatic heterocycles. The largest absolute Gasteiger partial charge is 0.481 e. The van der Waals surface area contributed by atoms with Crippen LogP contribution in [0.3, 0.4) is 0 Å². The maximum atomic E-state index is 12.6. The van der Waals surface area contributed by atoms with Crippen molar-refractivity contribution < 1.29 is 23.1 Å². The molecule has 0 spiro atoms. The van der Waals surface area contributed by atoms with Gasteiger partial charge in [0.2, 0.25) is 15.9 Å². The molecule has 2 N–H and O–H groups in total. The number of hydrogen-bond donors (Lipinski definition) is 2. The molecule has 1 aliphatic heterocycles. The van der Waals surface area contributed by atoms with Gasteiger partial charge < -0.3 is 10.4 Å². The van der Waals surface area contributed by atoms with Crippen LogP contribution >= 0.6 is 0 Å². The molecule has 2 heterocycles. The monoisotopic (exact) mass is 381 g/mol. The van der Waals surface area contributed by atoms with E-state index in [-0.39, 0.29) is 41.8 Å². The number of aromatic nitrogens is 1. The van der Waals surface area contributed by atoms with E-state index in [1.807, 2.05) is 0 Å². The van der Waals surface area contributed by atoms with Gasteiger partial charge in [-0.2, -0.15) is 4.31 Å². The average molecular weight is 381 g/mol. The van der Waals surface area contributed by atoms with E-state index >= 15 is 0 Å². The molecule has 2 fully saturated rings. The zero-order chi connectivity index (χ0) is 18.7. The normalized spacial score (nSPS) is 25.1. The summed E-state index contributed by atoms with van der Waals surface area (Å²) >= 11 is 0. The van der Waals surface area contributed by atoms with Gasteiger partial charge in [0, 0.05) is 37.4 Å². The van der Waals surface area contributed by atoms with Crippen molar-refractivity contribution in [2.45, 2.75) is 43.0 Å². The third-order valence-corrected chi connectivity index (χ3v) is 7.11. The first-order valence-corrected chi connectivity index (χ1v) is 10.3. The van der Waals surface area contributed by atoms with Crippen LogP contribution in [0, 0.1) is 11.8 Å². The van der Waals surface area contributed by atoms with E-state index in [4.69, 9.17) is 5.11 Å². The Labute approximate surface area is 152 Å². The zero-order valence-electron chi connectivity index (χ0n) is 14.4. The summed E-state index contributed by atoms with van der Waals surface area (Å²) in [6.45, 7) is 0.579. The van der Waals surface area contributed by atoms with Gasteiger partial charge in [0.1, 0.15) is 4.90 Å². The van der Waals surface area contributed by atoms with Gasteiger partial charge in [-0.1, -0.05) is 0 Å². The maximum Gasteiger partial charge on any atom is 0.306 e. The van der Waals surface area contributed by atoms with E-state index in [0.29, 0.717) is 32.1 Å². The predicted octanol–water partition coefficient (Wildman–Crippen LogP) is 0.852. The van der Waals surface area contributed by atoms with Gasteiger partial charge in [-0.15, -0.1) is 0 Å². The summed E-state index contributed by atoms with van der Waals surface area (Å²) in [6, 6.07) is 3.00. The van der Waals surface area contributed by atoms with E-state index in [1.54, 1.807) is 6.07 Å². The summed E-state index contributed by atoms with van der Waals surface area (Å²) < 4.78 is 26.5. The number of carbonyl (C=O) groups excluding carboxylic acids is 1. The number of hydrogen-bond acceptors (Lipinski definition) is 5. The lowest BCUT2D eigenvalue weighted by molar-refractivity contribution is -0.141. The lowest BCUT2D eigenvalue weighted by Crippen LogP contribution is -2.45. The number of nitrogens with one attached hydrogen (secondary N) is 1. The Bertz CT molecular complexity index is 760. The molecule has 9 heteroatoms. The van der Waals surface area contributed by atoms with Crippen LogP contribution in [0.1, 0.15) is 32.1 Å². The number of aliphatic carboxylic acids is 1. The first kappa shape index (κ1) is 18.8. The van der Waals surface area contributed by atoms with E-state index in [0.717, 1.165) is 0 Å². The van der Waals surface area contributed by atoms with Gasteiger partial charge in [0.05, 0.1) is 5.92 Å². The van der Waals surface area contributed by atoms with Crippen molar-refractivity contribution in [1.29, 1.82) is 0 Å². The summed E-state index contributed by atoms with van der Waals surface area (Å²) in [5.74, 6) is -1.53. The van der Waals surface area contributed by atoms with Crippen LogP contribution in [0.15, 0.2) is 29.4 Å². The molecule has 3 rings (SSSR count). The van der Waals surface area contributed by atoms with Crippen LogP contribution in [0.4, 0.5) is 0 Å². The summed E-state index contributed by atoms with van der Waals surface area (Å²) in [7, 11) is -3.58. The second-order valence-electron chi connectivity index (χ2n) is 6.92. The minimum absolute atomic E-state index is 0.0965. The molecule has 1 amide bonds. The third kappa shape index (κ3) is 4.04. The molecule has 1 saturated heterocycles. The topological polar surface area (TPSA) is 117 Å². The highest BCUT2D eigenvalue weighted by Gasteiger charge is 2.35. The highest BCUT2D eigenvalue weighted by atomic mass is 32.2. The molecule has 2 atom stereocenters. The molecule has 8 nitrogen and oxygen atoms in total. The minimum atomic E-state index is -3.58. The Morgan fingerprint density at radius 3 is 2.46 bits per heavy atom. The number of carboxylic acids is 1. The molecule has 0 radical (unpaired) electrons. The zero-order valence-corrected chi connectivity index (χ0v) is 15.2. The molecule has 0 aromatic carbocycles. The Balaban J connectivity index is 1.52. The molecule has 1 aromatic rings. The van der Waals surface area contributed by atoms with Crippen molar-refractivity contribution >= 4 is 21.9 Å². The fourth-order valence-electron chi connectivity index (χ4n) is 3.66. The second kappa shape index (κ2) is 7.71. The quantitative estimate of drug-likeness (QED) is 0.781. The molecule has 0 unspecified atom stereocenters. The van der Waals surface area contributed by atoms with Crippen molar-refractivity contribution in [3.63, 3.8) is 0 Å². The van der Waals surface area contributed by atoms with Crippen molar-refractivity contribution in [2.75, 3.05) is 13.1 Å². The Hall–Kier alpha value is -2.00. The minimum Gasteiger partial charge on any atom is -0.481 e. The first-order valence-electron chi connectivity index (χ1n) is 8.81. The lowest BCUT2D eigenvalue weighted by atomic mass is 9.96. The van der Waals surface area contributed by atoms with Gasteiger partial charge >= 0.3 is 5.97 Å². The van der Waals surface area contributed by atoms with Crippen molar-refractivity contribution in [3.05, 3.63) is 24.5 Å². The number of carbonyl (C=O) groups is 2. The van der Waals surface area contributed by atoms with Crippen LogP contribution < -0.4 is 5.32 Å². The fraction of sp³-hybridized carbons (Fsp3) is 0.588. The van der Waals surface area contributed by atoms with E-state index in [1.165, 1.54) is 22.8 Å². The fourth-order valence-corrected chi connectivity index (χ4v) is 5.10. The summed E-state index contributed by atoms with van der Waals surface area (Å²) in [6.07, 6.45) is 5.50. The van der Waals surface area contributed by atoms with Gasteiger partial charge in [0.15, 0.2) is 0 Å². The van der Waals surface area contributed by atoms with Crippen LogP contribution in [-0.2, 0) is 19.6 Å². The highest BCUT2D eigenvalue weighted by molar-refractivity contribution is 7.89. The smallest absolute Gasteiger partial charge is 0.306 e. The van der Waals surface area contributed by atoms with E-state index in [9.17, 15) is 18.0 Å². The number of sulfonamides is 1. The molecular weight excluding hydrogens is 358 g/mol. The molecule has 2 aliphatic rings. The average Bonchev–Trinajstić information content (AvgIpc) is 3.11. The SMILES string of the molecule is O=C(N[C@@H]1CC[C@H](C(=O)O)C1)C1CCN(S(=O)(=O)c2cccnc2)CC1. The third-order valence-electron chi connectivity index (χ3n) is 5.23. The van der Waals surface area contributed by atoms with Crippen molar-refractivity contribution in [1.82, 2.24) is 14.6 Å². The maximum absolute atomic E-state index is 12.6. The van der Waals surface area contributed by atoms with Gasteiger partial charge in [-0.3, -0.25) is 14.6 Å². The molecule has 142 valence electrons. The van der Waals surface area contributed by atoms with Gasteiger partial charge in [-0.25, -0.2) is 8.42 Å². The molecule has 0 bridgehead atoms. The second-order valence-corrected chi connectivity index (χ2v) is 8.86. The number of piperidine rings is 1. The summed E-state index contributed by atoms with van der Waals surface area (Å²) in [5, 5.41) is 12.0. The van der Waals surface area contributed by atoms with E-state index in [2.05, 4.69) is 10.3 Å². The standard InChI is InChI=1S/C17H23N3O5S/c21-16(19-14-4-3-13(10-14)17(22)23)12-5-8-20(9-6-12)26(24,25)15-2-1-7-18-11-15/h1-2,7,11-14H,3-6,8-10H2,(H,19,21)(H,22,23)/t13-,14+/m0/s1. The predicted molar refractivity (Wildman–Crippen MR) is 92.6 cm³/mol. The number of rotatable bonds is 5. The first-order chi connectivity index (χ1) is 12.4. The molecule has 1 aliphatic carbocycles. The van der Waals surface area contributed by atoms with Crippen LogP contribution in [-0.4, -0.2) is 53.8 Å². The molecule has 26 heavy (non-hydrogen) atoms. The molecule has 1 saturated carbocycles. The van der Waals surface area contributed by atoms with Crippen LogP contribution in [0.25, 0.3) is 0 Å². The number of amides is 1. The number of nitrogens with zero attached hydrogens (tertiary/aromatic N) is 2. The van der Waals surface area contributed by atoms with Crippen molar-refractivity contribution in [3.8, 4) is 0 Å².